The summed E-state index contributed by atoms with van der Waals surface area (Å²) in [4.78, 5) is 11.7. The Morgan fingerprint density at radius 2 is 1.61 bits per heavy atom. The molecule has 1 atom stereocenters. The van der Waals surface area contributed by atoms with E-state index < -0.39 is 0 Å². The Kier molecular flexibility index (Phi) is 9.57. The summed E-state index contributed by atoms with van der Waals surface area (Å²) in [5.41, 5.74) is 13.2. The maximum Gasteiger partial charge on any atom is 0.127 e. The highest BCUT2D eigenvalue weighted by atomic mass is 16.1. The number of nitrogens with one attached hydrogen (secondary N) is 1. The number of allylic oxidation sites excluding steroid dienone is 1. The fourth-order valence-electron chi connectivity index (χ4n) is 3.32. The van der Waals surface area contributed by atoms with Crippen molar-refractivity contribution in [2.24, 2.45) is 0 Å². The number of benzene rings is 3. The molecule has 3 N–H and O–H groups in total. The predicted octanol–water partition coefficient (Wildman–Crippen LogP) is 7.13. The molecule has 0 heterocycles. The molecule has 162 valence electrons. The van der Waals surface area contributed by atoms with Gasteiger partial charge in [-0.1, -0.05) is 79.6 Å². The van der Waals surface area contributed by atoms with Crippen LogP contribution in [0, 0.1) is 13.8 Å². The van der Waals surface area contributed by atoms with E-state index in [4.69, 9.17) is 5.73 Å². The smallest absolute Gasteiger partial charge is 0.127 e. The summed E-state index contributed by atoms with van der Waals surface area (Å²) < 4.78 is 0. The molecule has 0 aromatic heterocycles. The average Bonchev–Trinajstić information content (AvgIpc) is 2.79. The number of carbonyl (C=O) groups is 1. The van der Waals surface area contributed by atoms with Crippen LogP contribution in [0.2, 0.25) is 0 Å². The van der Waals surface area contributed by atoms with Crippen LogP contribution in [0.4, 0.5) is 11.4 Å². The fraction of sp³-hybridized carbons (Fsp3) is 0.250. The third-order valence-electron chi connectivity index (χ3n) is 5.01. The maximum absolute atomic E-state index is 11.7. The molecular weight excluding hydrogens is 380 g/mol. The number of hydrogen-bond acceptors (Lipinski definition) is 3. The van der Waals surface area contributed by atoms with Crippen LogP contribution in [-0.4, -0.2) is 6.29 Å². The van der Waals surface area contributed by atoms with E-state index >= 15 is 0 Å². The lowest BCUT2D eigenvalue weighted by atomic mass is 9.94. The molecule has 3 nitrogen and oxygen atoms in total. The van der Waals surface area contributed by atoms with Gasteiger partial charge >= 0.3 is 0 Å². The van der Waals surface area contributed by atoms with Crippen molar-refractivity contribution in [3.63, 3.8) is 0 Å². The molecule has 0 amide bonds. The van der Waals surface area contributed by atoms with Gasteiger partial charge in [-0.3, -0.25) is 0 Å². The highest BCUT2D eigenvalue weighted by Gasteiger charge is 2.10. The molecular formula is C28H34N2O. The minimum Gasteiger partial charge on any atom is -0.399 e. The highest BCUT2D eigenvalue weighted by Crippen LogP contribution is 2.24. The van der Waals surface area contributed by atoms with Gasteiger partial charge in [0, 0.05) is 23.0 Å². The molecule has 0 aliphatic carbocycles. The summed E-state index contributed by atoms with van der Waals surface area (Å²) in [6, 6.07) is 24.3. The third-order valence-corrected chi connectivity index (χ3v) is 5.01. The molecule has 1 unspecified atom stereocenters. The third kappa shape index (κ3) is 7.45. The molecule has 0 fully saturated rings. The zero-order valence-electron chi connectivity index (χ0n) is 19.1. The van der Waals surface area contributed by atoms with E-state index in [2.05, 4.69) is 61.6 Å². The first-order valence-corrected chi connectivity index (χ1v) is 11.0. The van der Waals surface area contributed by atoms with E-state index in [1.165, 1.54) is 11.1 Å². The zero-order valence-corrected chi connectivity index (χ0v) is 19.1. The molecule has 0 aliphatic heterocycles. The average molecular weight is 415 g/mol. The van der Waals surface area contributed by atoms with Gasteiger partial charge in [-0.05, 0) is 62.1 Å². The maximum atomic E-state index is 11.7. The van der Waals surface area contributed by atoms with Crippen LogP contribution in [0.25, 0.3) is 5.70 Å². The molecule has 3 aromatic rings. The number of nitrogen functional groups attached to an aromatic ring is 1. The topological polar surface area (TPSA) is 55.1 Å². The van der Waals surface area contributed by atoms with Gasteiger partial charge in [-0.2, -0.15) is 0 Å². The van der Waals surface area contributed by atoms with E-state index in [9.17, 15) is 4.79 Å². The van der Waals surface area contributed by atoms with Crippen molar-refractivity contribution >= 4 is 23.4 Å². The zero-order chi connectivity index (χ0) is 22.6. The summed E-state index contributed by atoms with van der Waals surface area (Å²) in [5.74, 6) is -0.0989. The summed E-state index contributed by atoms with van der Waals surface area (Å²) in [6.07, 6.45) is 4.77. The number of rotatable bonds is 8. The SMILES string of the molecule is CC.Cc1ccc(N/C(=C\CCC(C=O)c2cccc(C)c2)c2ccc(N)cc2)cc1. The van der Waals surface area contributed by atoms with Crippen LogP contribution in [0.3, 0.4) is 0 Å². The quantitative estimate of drug-likeness (QED) is 0.304. The monoisotopic (exact) mass is 414 g/mol. The lowest BCUT2D eigenvalue weighted by Crippen LogP contribution is -2.02. The molecule has 0 radical (unpaired) electrons. The summed E-state index contributed by atoms with van der Waals surface area (Å²) >= 11 is 0. The molecule has 0 bridgehead atoms. The molecule has 0 spiro atoms. The Hall–Kier alpha value is -3.33. The van der Waals surface area contributed by atoms with Gasteiger partial charge in [0.15, 0.2) is 0 Å². The van der Waals surface area contributed by atoms with Crippen LogP contribution in [0.15, 0.2) is 78.9 Å². The molecule has 0 saturated heterocycles. The summed E-state index contributed by atoms with van der Waals surface area (Å²) in [7, 11) is 0. The standard InChI is InChI=1S/C26H28N2O.C2H6/c1-19-9-15-25(16-10-19)28-26(21-11-13-24(27)14-12-21)8-4-7-23(18-29)22-6-3-5-20(2)17-22;1-2/h3,5-6,8-18,23,28H,4,7,27H2,1-2H3;1-2H3/b26-8-;. The second kappa shape index (κ2) is 12.4. The first-order chi connectivity index (χ1) is 15.0. The minimum absolute atomic E-state index is 0.0989. The van der Waals surface area contributed by atoms with Crippen molar-refractivity contribution in [3.8, 4) is 0 Å². The Bertz CT molecular complexity index is 973. The second-order valence-electron chi connectivity index (χ2n) is 7.46. The van der Waals surface area contributed by atoms with Crippen molar-refractivity contribution in [1.82, 2.24) is 0 Å². The number of carbonyl (C=O) groups excluding carboxylic acids is 1. The number of nitrogens with two attached hydrogens (primary N) is 1. The van der Waals surface area contributed by atoms with Gasteiger partial charge in [-0.15, -0.1) is 0 Å². The van der Waals surface area contributed by atoms with Gasteiger partial charge in [-0.25, -0.2) is 0 Å². The normalized spacial score (nSPS) is 11.8. The lowest BCUT2D eigenvalue weighted by molar-refractivity contribution is -0.109. The first kappa shape index (κ1) is 23.9. The fourth-order valence-corrected chi connectivity index (χ4v) is 3.32. The molecule has 3 aromatic carbocycles. The van der Waals surface area contributed by atoms with Crippen molar-refractivity contribution in [3.05, 3.63) is 101 Å². The van der Waals surface area contributed by atoms with Crippen molar-refractivity contribution in [2.45, 2.75) is 46.5 Å². The Morgan fingerprint density at radius 3 is 2.23 bits per heavy atom. The molecule has 3 rings (SSSR count). The Balaban J connectivity index is 0.00000166. The lowest BCUT2D eigenvalue weighted by Gasteiger charge is -2.14. The molecule has 31 heavy (non-hydrogen) atoms. The van der Waals surface area contributed by atoms with Gasteiger partial charge in [0.25, 0.3) is 0 Å². The Labute approximate surface area is 187 Å². The Morgan fingerprint density at radius 1 is 0.935 bits per heavy atom. The van der Waals surface area contributed by atoms with Crippen molar-refractivity contribution < 1.29 is 4.79 Å². The second-order valence-corrected chi connectivity index (χ2v) is 7.46. The van der Waals surface area contributed by atoms with E-state index in [0.717, 1.165) is 47.3 Å². The van der Waals surface area contributed by atoms with Gasteiger partial charge in [0.05, 0.1) is 0 Å². The number of aldehydes is 1. The van der Waals surface area contributed by atoms with Gasteiger partial charge in [0.1, 0.15) is 6.29 Å². The highest BCUT2D eigenvalue weighted by molar-refractivity contribution is 5.77. The number of hydrogen-bond donors (Lipinski definition) is 2. The van der Waals surface area contributed by atoms with Crippen molar-refractivity contribution in [2.75, 3.05) is 11.1 Å². The van der Waals surface area contributed by atoms with E-state index in [1.807, 2.05) is 50.2 Å². The summed E-state index contributed by atoms with van der Waals surface area (Å²) in [5, 5.41) is 3.51. The molecule has 0 saturated carbocycles. The van der Waals surface area contributed by atoms with E-state index in [1.54, 1.807) is 0 Å². The van der Waals surface area contributed by atoms with Crippen LogP contribution < -0.4 is 11.1 Å². The van der Waals surface area contributed by atoms with Gasteiger partial charge < -0.3 is 15.8 Å². The minimum atomic E-state index is -0.0989. The van der Waals surface area contributed by atoms with Crippen LogP contribution >= 0.6 is 0 Å². The number of aryl methyl sites for hydroxylation is 2. The van der Waals surface area contributed by atoms with E-state index in [-0.39, 0.29) is 5.92 Å². The van der Waals surface area contributed by atoms with Crippen molar-refractivity contribution in [1.29, 1.82) is 0 Å². The first-order valence-electron chi connectivity index (χ1n) is 11.0. The largest absolute Gasteiger partial charge is 0.399 e. The number of anilines is 2. The predicted molar refractivity (Wildman–Crippen MR) is 134 cm³/mol. The van der Waals surface area contributed by atoms with Gasteiger partial charge in [0.2, 0.25) is 0 Å². The summed E-state index contributed by atoms with van der Waals surface area (Å²) in [6.45, 7) is 8.13. The van der Waals surface area contributed by atoms with Crippen LogP contribution in [0.1, 0.15) is 54.9 Å². The van der Waals surface area contributed by atoms with Crippen LogP contribution in [-0.2, 0) is 4.79 Å². The van der Waals surface area contributed by atoms with E-state index in [0.29, 0.717) is 0 Å². The molecule has 0 aliphatic rings. The molecule has 3 heteroatoms. The van der Waals surface area contributed by atoms with Crippen LogP contribution in [0.5, 0.6) is 0 Å².